The molecule has 1 aromatic carbocycles. The van der Waals surface area contributed by atoms with Crippen molar-refractivity contribution < 1.29 is 28.8 Å². The van der Waals surface area contributed by atoms with Crippen molar-refractivity contribution in [3.05, 3.63) is 36.0 Å². The molecule has 0 bridgehead atoms. The van der Waals surface area contributed by atoms with Gasteiger partial charge in [0.2, 0.25) is 35.4 Å². The lowest BCUT2D eigenvalue weighted by Gasteiger charge is -2.26. The van der Waals surface area contributed by atoms with Gasteiger partial charge in [-0.05, 0) is 89.1 Å². The Balaban J connectivity index is 2.25. The van der Waals surface area contributed by atoms with Crippen LogP contribution in [0.5, 0.6) is 0 Å². The number of hydrogen-bond donors (Lipinski definition) is 11. The van der Waals surface area contributed by atoms with Gasteiger partial charge in [-0.1, -0.05) is 24.6 Å². The van der Waals surface area contributed by atoms with Gasteiger partial charge in [0, 0.05) is 29.9 Å². The standard InChI is InChI=1S/C34H57N11O6/c35-16-6-3-10-23(38)31(48)42-25(12-4-7-17-36)32(49)44-27(14-15-29(39)46)34(51)43-26(13-5-8-18-37)33(50)45-28(30(40)47)19-21-20-41-24-11-2-1-9-22(21)24/h1-2,9,11,20,23,25-28,41H,3-8,10,12-19,35-38H2,(H2,39,46)(H2,40,47)(H,42,48)(H,43,51)(H,44,49)(H,45,50)/t23-,25-,26-,27-,28-/m0/s1. The molecule has 6 amide bonds. The number of nitrogens with one attached hydrogen (secondary N) is 5. The highest BCUT2D eigenvalue weighted by Crippen LogP contribution is 2.19. The molecule has 17 N–H and O–H groups in total. The first-order valence-corrected chi connectivity index (χ1v) is 17.6. The molecule has 17 nitrogen and oxygen atoms in total. The predicted octanol–water partition coefficient (Wildman–Crippen LogP) is -1.89. The molecular formula is C34H57N11O6. The van der Waals surface area contributed by atoms with Crippen molar-refractivity contribution in [3.8, 4) is 0 Å². The number of amides is 6. The molecule has 0 saturated heterocycles. The average molecular weight is 716 g/mol. The van der Waals surface area contributed by atoms with Crippen LogP contribution in [0.3, 0.4) is 0 Å². The van der Waals surface area contributed by atoms with Crippen molar-refractivity contribution in [2.45, 2.75) is 107 Å². The normalized spacial score (nSPS) is 14.1. The van der Waals surface area contributed by atoms with Gasteiger partial charge in [-0.25, -0.2) is 0 Å². The highest BCUT2D eigenvalue weighted by molar-refractivity contribution is 5.96. The third-order valence-electron chi connectivity index (χ3n) is 8.54. The molecule has 0 saturated carbocycles. The summed E-state index contributed by atoms with van der Waals surface area (Å²) in [6.07, 6.45) is 5.54. The lowest BCUT2D eigenvalue weighted by molar-refractivity contribution is -0.135. The number of H-pyrrole nitrogens is 1. The van der Waals surface area contributed by atoms with Gasteiger partial charge in [-0.15, -0.1) is 0 Å². The number of unbranched alkanes of at least 4 members (excludes halogenated alkanes) is 3. The van der Waals surface area contributed by atoms with Crippen LogP contribution in [0.25, 0.3) is 10.9 Å². The Morgan fingerprint density at radius 3 is 1.59 bits per heavy atom. The number of aromatic nitrogens is 1. The quantitative estimate of drug-likeness (QED) is 0.0481. The number of para-hydroxylation sites is 1. The maximum Gasteiger partial charge on any atom is 0.243 e. The van der Waals surface area contributed by atoms with Crippen LogP contribution in [-0.4, -0.2) is 90.3 Å². The number of nitrogens with two attached hydrogens (primary N) is 6. The van der Waals surface area contributed by atoms with Crippen LogP contribution >= 0.6 is 0 Å². The smallest absolute Gasteiger partial charge is 0.243 e. The van der Waals surface area contributed by atoms with Crippen LogP contribution in [0, 0.1) is 0 Å². The van der Waals surface area contributed by atoms with E-state index in [1.165, 1.54) is 0 Å². The molecule has 0 aliphatic carbocycles. The third-order valence-corrected chi connectivity index (χ3v) is 8.54. The molecule has 17 heteroatoms. The summed E-state index contributed by atoms with van der Waals surface area (Å²) in [7, 11) is 0. The second-order valence-corrected chi connectivity index (χ2v) is 12.7. The topological polar surface area (TPSA) is 322 Å². The van der Waals surface area contributed by atoms with Crippen molar-refractivity contribution in [2.24, 2.45) is 34.4 Å². The second kappa shape index (κ2) is 23.0. The van der Waals surface area contributed by atoms with Crippen molar-refractivity contribution in [2.75, 3.05) is 19.6 Å². The van der Waals surface area contributed by atoms with Crippen molar-refractivity contribution in [1.29, 1.82) is 0 Å². The van der Waals surface area contributed by atoms with Gasteiger partial charge in [0.05, 0.1) is 6.04 Å². The zero-order chi connectivity index (χ0) is 37.8. The van der Waals surface area contributed by atoms with E-state index in [9.17, 15) is 28.8 Å². The minimum atomic E-state index is -1.31. The van der Waals surface area contributed by atoms with Crippen LogP contribution < -0.4 is 55.7 Å². The Kier molecular flexibility index (Phi) is 19.2. The fourth-order valence-electron chi connectivity index (χ4n) is 5.56. The number of aromatic amines is 1. The number of rotatable bonds is 26. The summed E-state index contributed by atoms with van der Waals surface area (Å²) in [5.74, 6) is -4.14. The SMILES string of the molecule is NCCCC[C@H](NC(=O)[C@H](CCC(N)=O)NC(=O)[C@H](CCCCN)NC(=O)[C@@H](N)CCCCN)C(=O)N[C@@H](Cc1c[nH]c2ccccc12)C(N)=O. The minimum Gasteiger partial charge on any atom is -0.370 e. The highest BCUT2D eigenvalue weighted by atomic mass is 16.2. The Hall–Kier alpha value is -4.58. The molecule has 1 heterocycles. The summed E-state index contributed by atoms with van der Waals surface area (Å²) in [6.45, 7) is 1.17. The summed E-state index contributed by atoms with van der Waals surface area (Å²) in [4.78, 5) is 81.1. The van der Waals surface area contributed by atoms with Crippen molar-refractivity contribution in [3.63, 3.8) is 0 Å². The zero-order valence-electron chi connectivity index (χ0n) is 29.3. The fourth-order valence-corrected chi connectivity index (χ4v) is 5.56. The summed E-state index contributed by atoms with van der Waals surface area (Å²) in [5.41, 5.74) is 35.5. The molecule has 284 valence electrons. The number of carbonyl (C=O) groups excluding carboxylic acids is 6. The number of carbonyl (C=O) groups is 6. The average Bonchev–Trinajstić information content (AvgIpc) is 3.51. The molecule has 0 fully saturated rings. The van der Waals surface area contributed by atoms with Gasteiger partial charge in [-0.2, -0.15) is 0 Å². The summed E-state index contributed by atoms with van der Waals surface area (Å²) < 4.78 is 0. The van der Waals surface area contributed by atoms with E-state index in [0.717, 1.165) is 16.5 Å². The second-order valence-electron chi connectivity index (χ2n) is 12.7. The summed E-state index contributed by atoms with van der Waals surface area (Å²) >= 11 is 0. The Bertz CT molecular complexity index is 1430. The van der Waals surface area contributed by atoms with Gasteiger partial charge in [-0.3, -0.25) is 28.8 Å². The van der Waals surface area contributed by atoms with E-state index in [1.54, 1.807) is 6.20 Å². The van der Waals surface area contributed by atoms with E-state index < -0.39 is 65.7 Å². The molecule has 0 aliphatic rings. The summed E-state index contributed by atoms with van der Waals surface area (Å²) in [5, 5.41) is 11.5. The molecule has 0 aliphatic heterocycles. The Morgan fingerprint density at radius 1 is 0.608 bits per heavy atom. The van der Waals surface area contributed by atoms with Crippen LogP contribution in [-0.2, 0) is 35.2 Å². The molecule has 2 aromatic rings. The van der Waals surface area contributed by atoms with E-state index in [-0.39, 0.29) is 32.1 Å². The van der Waals surface area contributed by atoms with Gasteiger partial charge in [0.1, 0.15) is 24.2 Å². The highest BCUT2D eigenvalue weighted by Gasteiger charge is 2.32. The number of primary amides is 2. The maximum atomic E-state index is 13.7. The molecular weight excluding hydrogens is 658 g/mol. The number of benzene rings is 1. The monoisotopic (exact) mass is 715 g/mol. The lowest BCUT2D eigenvalue weighted by atomic mass is 10.0. The lowest BCUT2D eigenvalue weighted by Crippen LogP contribution is -2.59. The van der Waals surface area contributed by atoms with Crippen LogP contribution in [0.15, 0.2) is 30.5 Å². The first kappa shape index (κ1) is 42.6. The van der Waals surface area contributed by atoms with E-state index in [1.807, 2.05) is 24.3 Å². The van der Waals surface area contributed by atoms with E-state index in [4.69, 9.17) is 34.4 Å². The predicted molar refractivity (Wildman–Crippen MR) is 194 cm³/mol. The molecule has 2 rings (SSSR count). The van der Waals surface area contributed by atoms with Gasteiger partial charge in [0.15, 0.2) is 0 Å². The van der Waals surface area contributed by atoms with Crippen LogP contribution in [0.1, 0.15) is 76.2 Å². The molecule has 51 heavy (non-hydrogen) atoms. The van der Waals surface area contributed by atoms with Crippen molar-refractivity contribution >= 4 is 46.3 Å². The number of hydrogen-bond acceptors (Lipinski definition) is 10. The van der Waals surface area contributed by atoms with E-state index >= 15 is 0 Å². The third kappa shape index (κ3) is 15.1. The summed E-state index contributed by atoms with van der Waals surface area (Å²) in [6, 6.07) is 1.99. The molecule has 0 radical (unpaired) electrons. The fraction of sp³-hybridized carbons (Fsp3) is 0.588. The maximum absolute atomic E-state index is 13.7. The molecule has 0 spiro atoms. The van der Waals surface area contributed by atoms with E-state index in [0.29, 0.717) is 64.6 Å². The van der Waals surface area contributed by atoms with Crippen LogP contribution in [0.2, 0.25) is 0 Å². The van der Waals surface area contributed by atoms with Gasteiger partial charge >= 0.3 is 0 Å². The van der Waals surface area contributed by atoms with Crippen LogP contribution in [0.4, 0.5) is 0 Å². The Morgan fingerprint density at radius 2 is 1.08 bits per heavy atom. The first-order valence-electron chi connectivity index (χ1n) is 17.6. The Labute approximate surface area is 298 Å². The molecule has 1 aromatic heterocycles. The molecule has 0 unspecified atom stereocenters. The number of fused-ring (bicyclic) bond motifs is 1. The van der Waals surface area contributed by atoms with E-state index in [2.05, 4.69) is 26.3 Å². The van der Waals surface area contributed by atoms with Gasteiger partial charge < -0.3 is 60.7 Å². The molecule has 5 atom stereocenters. The first-order chi connectivity index (χ1) is 24.4. The minimum absolute atomic E-state index is 0.0970. The van der Waals surface area contributed by atoms with Crippen molar-refractivity contribution in [1.82, 2.24) is 26.3 Å². The largest absolute Gasteiger partial charge is 0.370 e. The van der Waals surface area contributed by atoms with Gasteiger partial charge in [0.25, 0.3) is 0 Å². The zero-order valence-corrected chi connectivity index (χ0v) is 29.3.